The number of thioether (sulfide) groups is 1. The van der Waals surface area contributed by atoms with E-state index in [1.807, 2.05) is 12.1 Å². The first kappa shape index (κ1) is 20.6. The van der Waals surface area contributed by atoms with E-state index in [0.717, 1.165) is 11.3 Å². The van der Waals surface area contributed by atoms with Crippen molar-refractivity contribution >= 4 is 29.3 Å². The predicted octanol–water partition coefficient (Wildman–Crippen LogP) is 3.18. The minimum absolute atomic E-state index is 0.234. The molecular weight excluding hydrogens is 392 g/mol. The number of carbonyl (C=O) groups excluding carboxylic acids is 2. The molecule has 152 valence electrons. The van der Waals surface area contributed by atoms with Crippen molar-refractivity contribution in [1.82, 2.24) is 5.32 Å². The van der Waals surface area contributed by atoms with E-state index in [2.05, 4.69) is 10.6 Å². The number of ether oxygens (including phenoxy) is 3. The highest BCUT2D eigenvalue weighted by molar-refractivity contribution is 8.02. The van der Waals surface area contributed by atoms with Crippen LogP contribution in [0.2, 0.25) is 0 Å². The Morgan fingerprint density at radius 2 is 1.86 bits per heavy atom. The van der Waals surface area contributed by atoms with Gasteiger partial charge in [-0.05, 0) is 30.3 Å². The second-order valence-corrected chi connectivity index (χ2v) is 7.05. The fourth-order valence-corrected chi connectivity index (χ4v) is 3.38. The number of para-hydroxylation sites is 1. The molecule has 1 aliphatic rings. The Bertz CT molecular complexity index is 912. The molecule has 7 nitrogen and oxygen atoms in total. The van der Waals surface area contributed by atoms with Crippen molar-refractivity contribution in [2.75, 3.05) is 31.9 Å². The lowest BCUT2D eigenvalue weighted by Gasteiger charge is -2.14. The minimum atomic E-state index is -0.306. The van der Waals surface area contributed by atoms with Gasteiger partial charge in [0, 0.05) is 34.5 Å². The average molecular weight is 414 g/mol. The van der Waals surface area contributed by atoms with E-state index in [0.29, 0.717) is 41.7 Å². The van der Waals surface area contributed by atoms with Crippen molar-refractivity contribution in [3.8, 4) is 11.5 Å². The van der Waals surface area contributed by atoms with Gasteiger partial charge in [-0.3, -0.25) is 9.59 Å². The van der Waals surface area contributed by atoms with Gasteiger partial charge < -0.3 is 24.8 Å². The summed E-state index contributed by atoms with van der Waals surface area (Å²) in [5, 5.41) is 7.32. The summed E-state index contributed by atoms with van der Waals surface area (Å²) in [6.45, 7) is 0.807. The molecule has 0 radical (unpaired) electrons. The highest BCUT2D eigenvalue weighted by Crippen LogP contribution is 2.30. The van der Waals surface area contributed by atoms with Crippen LogP contribution in [0.15, 0.2) is 53.6 Å². The van der Waals surface area contributed by atoms with Gasteiger partial charge in [0.1, 0.15) is 0 Å². The van der Waals surface area contributed by atoms with Gasteiger partial charge in [0.25, 0.3) is 11.8 Å². The molecule has 0 spiro atoms. The van der Waals surface area contributed by atoms with Crippen LogP contribution >= 0.6 is 11.8 Å². The van der Waals surface area contributed by atoms with Gasteiger partial charge in [0.15, 0.2) is 17.3 Å². The highest BCUT2D eigenvalue weighted by Gasteiger charge is 2.15. The fraction of sp³-hybridized carbons (Fsp3) is 0.238. The van der Waals surface area contributed by atoms with E-state index in [1.165, 1.54) is 11.8 Å². The molecule has 1 heterocycles. The molecule has 3 rings (SSSR count). The number of rotatable bonds is 7. The number of hydrogen-bond donors (Lipinski definition) is 2. The second-order valence-electron chi connectivity index (χ2n) is 6.07. The molecule has 0 bridgehead atoms. The van der Waals surface area contributed by atoms with E-state index in [4.69, 9.17) is 14.2 Å². The van der Waals surface area contributed by atoms with E-state index >= 15 is 0 Å². The molecule has 0 atom stereocenters. The molecule has 0 saturated heterocycles. The second kappa shape index (κ2) is 9.88. The lowest BCUT2D eigenvalue weighted by molar-refractivity contribution is -0.116. The largest absolute Gasteiger partial charge is 0.493 e. The summed E-state index contributed by atoms with van der Waals surface area (Å²) >= 11 is 1.54. The van der Waals surface area contributed by atoms with Gasteiger partial charge in [-0.2, -0.15) is 0 Å². The lowest BCUT2D eigenvalue weighted by atomic mass is 10.1. The predicted molar refractivity (Wildman–Crippen MR) is 112 cm³/mol. The Morgan fingerprint density at radius 1 is 1.07 bits per heavy atom. The third kappa shape index (κ3) is 5.23. The van der Waals surface area contributed by atoms with Crippen LogP contribution in [-0.2, 0) is 16.1 Å². The Balaban J connectivity index is 1.59. The van der Waals surface area contributed by atoms with E-state index in [9.17, 15) is 9.59 Å². The zero-order valence-corrected chi connectivity index (χ0v) is 17.0. The van der Waals surface area contributed by atoms with Crippen molar-refractivity contribution in [2.24, 2.45) is 0 Å². The van der Waals surface area contributed by atoms with Crippen LogP contribution in [0.25, 0.3) is 0 Å². The maximum atomic E-state index is 12.5. The minimum Gasteiger partial charge on any atom is -0.493 e. The van der Waals surface area contributed by atoms with Crippen LogP contribution in [0.1, 0.15) is 15.9 Å². The Morgan fingerprint density at radius 3 is 2.52 bits per heavy atom. The molecule has 0 aliphatic carbocycles. The van der Waals surface area contributed by atoms with Crippen molar-refractivity contribution in [3.05, 3.63) is 64.8 Å². The first-order valence-electron chi connectivity index (χ1n) is 8.96. The number of methoxy groups -OCH3 is 2. The van der Waals surface area contributed by atoms with Crippen LogP contribution in [0.4, 0.5) is 5.69 Å². The van der Waals surface area contributed by atoms with Crippen LogP contribution in [-0.4, -0.2) is 38.4 Å². The topological polar surface area (TPSA) is 85.9 Å². The number of amides is 2. The van der Waals surface area contributed by atoms with Gasteiger partial charge >= 0.3 is 0 Å². The number of benzene rings is 2. The molecule has 8 heteroatoms. The average Bonchev–Trinajstić information content (AvgIpc) is 2.78. The quantitative estimate of drug-likeness (QED) is 0.724. The maximum Gasteiger partial charge on any atom is 0.291 e. The van der Waals surface area contributed by atoms with E-state index < -0.39 is 0 Å². The van der Waals surface area contributed by atoms with Gasteiger partial charge in [0.05, 0.1) is 20.8 Å². The Kier molecular flexibility index (Phi) is 7.02. The molecular formula is C21H22N2O5S. The maximum absolute atomic E-state index is 12.5. The van der Waals surface area contributed by atoms with Gasteiger partial charge in [-0.1, -0.05) is 12.1 Å². The summed E-state index contributed by atoms with van der Waals surface area (Å²) in [7, 11) is 3.12. The van der Waals surface area contributed by atoms with Crippen molar-refractivity contribution in [1.29, 1.82) is 0 Å². The third-order valence-electron chi connectivity index (χ3n) is 4.20. The molecule has 0 aromatic heterocycles. The number of hydrogen-bond acceptors (Lipinski definition) is 6. The summed E-state index contributed by atoms with van der Waals surface area (Å²) in [6, 6.07) is 12.2. The lowest BCUT2D eigenvalue weighted by Crippen LogP contribution is -2.23. The monoisotopic (exact) mass is 414 g/mol. The number of carbonyl (C=O) groups is 2. The molecule has 2 N–H and O–H groups in total. The van der Waals surface area contributed by atoms with Crippen LogP contribution < -0.4 is 20.1 Å². The molecule has 29 heavy (non-hydrogen) atoms. The third-order valence-corrected chi connectivity index (χ3v) is 4.98. The number of anilines is 1. The van der Waals surface area contributed by atoms with Crippen molar-refractivity contribution in [2.45, 2.75) is 6.54 Å². The van der Waals surface area contributed by atoms with E-state index in [1.54, 1.807) is 50.0 Å². The molecule has 0 saturated carbocycles. The van der Waals surface area contributed by atoms with Crippen LogP contribution in [0.5, 0.6) is 11.5 Å². The molecule has 0 fully saturated rings. The normalized spacial score (nSPS) is 13.0. The molecule has 1 aliphatic heterocycles. The van der Waals surface area contributed by atoms with Crippen LogP contribution in [0, 0.1) is 0 Å². The van der Waals surface area contributed by atoms with Crippen LogP contribution in [0.3, 0.4) is 0 Å². The first-order chi connectivity index (χ1) is 14.1. The van der Waals surface area contributed by atoms with Gasteiger partial charge in [0.2, 0.25) is 0 Å². The molecule has 0 unspecified atom stereocenters. The van der Waals surface area contributed by atoms with Gasteiger partial charge in [-0.15, -0.1) is 11.8 Å². The van der Waals surface area contributed by atoms with Gasteiger partial charge in [-0.25, -0.2) is 0 Å². The van der Waals surface area contributed by atoms with Crippen molar-refractivity contribution < 1.29 is 23.8 Å². The zero-order chi connectivity index (χ0) is 20.6. The fourth-order valence-electron chi connectivity index (χ4n) is 2.76. The zero-order valence-electron chi connectivity index (χ0n) is 16.2. The summed E-state index contributed by atoms with van der Waals surface area (Å²) in [4.78, 5) is 24.6. The number of nitrogens with one attached hydrogen (secondary N) is 2. The first-order valence-corrected chi connectivity index (χ1v) is 10.0. The van der Waals surface area contributed by atoms with E-state index in [-0.39, 0.29) is 11.8 Å². The summed E-state index contributed by atoms with van der Waals surface area (Å²) in [5.74, 6) is 1.79. The standard InChI is InChI=1S/C21H22N2O5S/c1-26-17-5-3-4-15(19(17)27-2)12-22-20(24)14-6-8-16(9-7-14)23-21(25)18-13-29-11-10-28-18/h3-9,13H,10-12H2,1-2H3,(H,22,24)(H,23,25). The SMILES string of the molecule is COc1cccc(CNC(=O)c2ccc(NC(=O)C3=CSCCO3)cc2)c1OC. The summed E-state index contributed by atoms with van der Waals surface area (Å²) < 4.78 is 16.0. The Hall–Kier alpha value is -3.13. The molecule has 2 aromatic carbocycles. The highest BCUT2D eigenvalue weighted by atomic mass is 32.2. The smallest absolute Gasteiger partial charge is 0.291 e. The Labute approximate surface area is 173 Å². The molecule has 2 aromatic rings. The summed E-state index contributed by atoms with van der Waals surface area (Å²) in [5.41, 5.74) is 1.87. The van der Waals surface area contributed by atoms with Crippen molar-refractivity contribution in [3.63, 3.8) is 0 Å². The summed E-state index contributed by atoms with van der Waals surface area (Å²) in [6.07, 6.45) is 0. The molecule has 2 amide bonds.